The lowest BCUT2D eigenvalue weighted by Crippen LogP contribution is -2.11. The van der Waals surface area contributed by atoms with E-state index in [0.29, 0.717) is 17.0 Å². The molecule has 0 fully saturated rings. The quantitative estimate of drug-likeness (QED) is 0.870. The number of rotatable bonds is 6. The third kappa shape index (κ3) is 3.57. The molecular weight excluding hydrogens is 262 g/mol. The lowest BCUT2D eigenvalue weighted by molar-refractivity contribution is 0.363. The summed E-state index contributed by atoms with van der Waals surface area (Å²) in [5.41, 5.74) is 6.94. The highest BCUT2D eigenvalue weighted by atomic mass is 32.2. The molecule has 0 saturated carbocycles. The molecule has 2 atom stereocenters. The predicted molar refractivity (Wildman–Crippen MR) is 74.6 cm³/mol. The average molecular weight is 281 g/mol. The standard InChI is InChI=1S/C12H19N5OS/c1-4-8(2)19-7-10-15-12(18-16-10)11(13)9-5-14-17(3)6-9/h5-6,8,11H,4,7,13H2,1-3H3. The molecule has 2 rings (SSSR count). The molecule has 6 nitrogen and oxygen atoms in total. The molecule has 7 heteroatoms. The second-order valence-electron chi connectivity index (χ2n) is 4.50. The molecule has 0 aliphatic heterocycles. The van der Waals surface area contributed by atoms with Crippen LogP contribution in [0.3, 0.4) is 0 Å². The number of hydrogen-bond donors (Lipinski definition) is 1. The van der Waals surface area contributed by atoms with Gasteiger partial charge in [-0.15, -0.1) is 0 Å². The molecule has 0 aliphatic carbocycles. The van der Waals surface area contributed by atoms with E-state index in [1.807, 2.05) is 25.0 Å². The number of hydrogen-bond acceptors (Lipinski definition) is 6. The second kappa shape index (κ2) is 6.21. The van der Waals surface area contributed by atoms with Gasteiger partial charge in [-0.25, -0.2) is 0 Å². The average Bonchev–Trinajstić information content (AvgIpc) is 3.04. The van der Waals surface area contributed by atoms with E-state index in [-0.39, 0.29) is 0 Å². The Morgan fingerprint density at radius 2 is 2.32 bits per heavy atom. The smallest absolute Gasteiger partial charge is 0.248 e. The minimum absolute atomic E-state index is 0.413. The summed E-state index contributed by atoms with van der Waals surface area (Å²) in [6.45, 7) is 4.35. The Labute approximate surface area is 116 Å². The van der Waals surface area contributed by atoms with Gasteiger partial charge in [0.2, 0.25) is 5.89 Å². The van der Waals surface area contributed by atoms with Crippen molar-refractivity contribution in [2.24, 2.45) is 12.8 Å². The summed E-state index contributed by atoms with van der Waals surface area (Å²) in [5, 5.41) is 8.64. The molecule has 2 unspecified atom stereocenters. The predicted octanol–water partition coefficient (Wildman–Crippen LogP) is 1.88. The van der Waals surface area contributed by atoms with Crippen LogP contribution in [0.25, 0.3) is 0 Å². The summed E-state index contributed by atoms with van der Waals surface area (Å²) in [4.78, 5) is 4.34. The molecule has 0 spiro atoms. The van der Waals surface area contributed by atoms with Crippen LogP contribution in [-0.2, 0) is 12.8 Å². The normalized spacial score (nSPS) is 14.5. The fourth-order valence-corrected chi connectivity index (χ4v) is 2.32. The first-order valence-corrected chi connectivity index (χ1v) is 7.33. The Hall–Kier alpha value is -1.34. The number of aryl methyl sites for hydroxylation is 1. The molecule has 19 heavy (non-hydrogen) atoms. The van der Waals surface area contributed by atoms with Crippen molar-refractivity contribution in [2.75, 3.05) is 0 Å². The molecule has 0 amide bonds. The highest BCUT2D eigenvalue weighted by molar-refractivity contribution is 7.99. The lowest BCUT2D eigenvalue weighted by Gasteiger charge is -2.04. The Balaban J connectivity index is 2.00. The second-order valence-corrected chi connectivity index (χ2v) is 5.93. The van der Waals surface area contributed by atoms with Gasteiger partial charge >= 0.3 is 0 Å². The van der Waals surface area contributed by atoms with E-state index in [0.717, 1.165) is 17.7 Å². The van der Waals surface area contributed by atoms with Crippen LogP contribution in [0.1, 0.15) is 43.6 Å². The van der Waals surface area contributed by atoms with E-state index in [9.17, 15) is 0 Å². The number of thioether (sulfide) groups is 1. The highest BCUT2D eigenvalue weighted by Crippen LogP contribution is 2.21. The molecule has 0 bridgehead atoms. The maximum absolute atomic E-state index is 6.07. The van der Waals surface area contributed by atoms with Crippen LogP contribution in [-0.4, -0.2) is 25.2 Å². The van der Waals surface area contributed by atoms with E-state index in [4.69, 9.17) is 10.3 Å². The highest BCUT2D eigenvalue weighted by Gasteiger charge is 2.18. The zero-order chi connectivity index (χ0) is 13.8. The van der Waals surface area contributed by atoms with Crippen molar-refractivity contribution in [3.63, 3.8) is 0 Å². The summed E-state index contributed by atoms with van der Waals surface area (Å²) in [5.74, 6) is 1.88. The van der Waals surface area contributed by atoms with Gasteiger partial charge in [-0.3, -0.25) is 4.68 Å². The van der Waals surface area contributed by atoms with Crippen LogP contribution in [0.15, 0.2) is 16.9 Å². The third-order valence-electron chi connectivity index (χ3n) is 2.91. The van der Waals surface area contributed by atoms with Gasteiger partial charge in [0.15, 0.2) is 5.82 Å². The van der Waals surface area contributed by atoms with Crippen LogP contribution in [0, 0.1) is 0 Å². The SMILES string of the molecule is CCC(C)SCc1noc(C(N)c2cnn(C)c2)n1. The molecule has 2 aromatic rings. The topological polar surface area (TPSA) is 82.8 Å². The third-order valence-corrected chi connectivity index (χ3v) is 4.23. The molecule has 2 heterocycles. The minimum atomic E-state index is -0.413. The first kappa shape index (κ1) is 14.1. The summed E-state index contributed by atoms with van der Waals surface area (Å²) < 4.78 is 6.92. The van der Waals surface area contributed by atoms with Crippen LogP contribution >= 0.6 is 11.8 Å². The molecule has 2 aromatic heterocycles. The number of nitrogens with zero attached hydrogens (tertiary/aromatic N) is 4. The summed E-state index contributed by atoms with van der Waals surface area (Å²) in [7, 11) is 1.85. The van der Waals surface area contributed by atoms with E-state index in [1.165, 1.54) is 0 Å². The molecule has 0 aliphatic rings. The Bertz CT molecular complexity index is 524. The van der Waals surface area contributed by atoms with Crippen molar-refractivity contribution in [3.05, 3.63) is 29.7 Å². The van der Waals surface area contributed by atoms with E-state index in [1.54, 1.807) is 10.9 Å². The number of nitrogens with two attached hydrogens (primary N) is 1. The van der Waals surface area contributed by atoms with Gasteiger partial charge in [0.05, 0.1) is 11.9 Å². The van der Waals surface area contributed by atoms with Gasteiger partial charge in [-0.1, -0.05) is 19.0 Å². The fourth-order valence-electron chi connectivity index (χ4n) is 1.53. The summed E-state index contributed by atoms with van der Waals surface area (Å²) in [6.07, 6.45) is 4.69. The minimum Gasteiger partial charge on any atom is -0.337 e. The van der Waals surface area contributed by atoms with Crippen molar-refractivity contribution < 1.29 is 4.52 Å². The van der Waals surface area contributed by atoms with E-state index in [2.05, 4.69) is 29.1 Å². The van der Waals surface area contributed by atoms with E-state index < -0.39 is 6.04 Å². The van der Waals surface area contributed by atoms with Crippen LogP contribution in [0.4, 0.5) is 0 Å². The Kier molecular flexibility index (Phi) is 4.60. The van der Waals surface area contributed by atoms with Crippen molar-refractivity contribution in [2.45, 2.75) is 37.3 Å². The first-order valence-electron chi connectivity index (χ1n) is 6.28. The zero-order valence-corrected chi connectivity index (χ0v) is 12.2. The molecule has 104 valence electrons. The van der Waals surface area contributed by atoms with Gasteiger partial charge < -0.3 is 10.3 Å². The van der Waals surface area contributed by atoms with Crippen molar-refractivity contribution in [1.82, 2.24) is 19.9 Å². The van der Waals surface area contributed by atoms with Gasteiger partial charge in [-0.05, 0) is 6.42 Å². The largest absolute Gasteiger partial charge is 0.337 e. The molecule has 0 aromatic carbocycles. The van der Waals surface area contributed by atoms with Crippen LogP contribution < -0.4 is 5.73 Å². The van der Waals surface area contributed by atoms with Crippen LogP contribution in [0.5, 0.6) is 0 Å². The Morgan fingerprint density at radius 1 is 1.53 bits per heavy atom. The summed E-state index contributed by atoms with van der Waals surface area (Å²) >= 11 is 1.81. The fraction of sp³-hybridized carbons (Fsp3) is 0.583. The Morgan fingerprint density at radius 3 is 2.95 bits per heavy atom. The van der Waals surface area contributed by atoms with Gasteiger partial charge in [-0.2, -0.15) is 21.8 Å². The zero-order valence-electron chi connectivity index (χ0n) is 11.4. The van der Waals surface area contributed by atoms with Gasteiger partial charge in [0.25, 0.3) is 0 Å². The maximum Gasteiger partial charge on any atom is 0.248 e. The van der Waals surface area contributed by atoms with Crippen molar-refractivity contribution in [1.29, 1.82) is 0 Å². The molecule has 0 saturated heterocycles. The molecule has 2 N–H and O–H groups in total. The first-order chi connectivity index (χ1) is 9.10. The monoisotopic (exact) mass is 281 g/mol. The van der Waals surface area contributed by atoms with Crippen LogP contribution in [0.2, 0.25) is 0 Å². The molecule has 0 radical (unpaired) electrons. The lowest BCUT2D eigenvalue weighted by atomic mass is 10.2. The van der Waals surface area contributed by atoms with Gasteiger partial charge in [0.1, 0.15) is 6.04 Å². The van der Waals surface area contributed by atoms with Crippen molar-refractivity contribution >= 4 is 11.8 Å². The summed E-state index contributed by atoms with van der Waals surface area (Å²) in [6, 6.07) is -0.413. The maximum atomic E-state index is 6.07. The number of aromatic nitrogens is 4. The molecular formula is C12H19N5OS. The van der Waals surface area contributed by atoms with Gasteiger partial charge in [0, 0.05) is 24.1 Å². The van der Waals surface area contributed by atoms with E-state index >= 15 is 0 Å². The van der Waals surface area contributed by atoms with Crippen molar-refractivity contribution in [3.8, 4) is 0 Å².